The molecule has 0 atom stereocenters. The lowest BCUT2D eigenvalue weighted by Gasteiger charge is -2.24. The van der Waals surface area contributed by atoms with E-state index in [0.717, 1.165) is 6.42 Å². The van der Waals surface area contributed by atoms with Crippen molar-refractivity contribution in [2.75, 3.05) is 20.3 Å². The number of carbonyl (C=O) groups excluding carboxylic acids is 1. The first-order valence-electron chi connectivity index (χ1n) is 5.73. The first kappa shape index (κ1) is 13.4. The number of methoxy groups -OCH3 is 1. The summed E-state index contributed by atoms with van der Waals surface area (Å²) in [4.78, 5) is 21.9. The molecule has 0 N–H and O–H groups in total. The molecule has 0 amide bonds. The number of hydrogen-bond acceptors (Lipinski definition) is 6. The Hall–Kier alpha value is -1.99. The fourth-order valence-electron chi connectivity index (χ4n) is 1.82. The number of rotatable bonds is 3. The summed E-state index contributed by atoms with van der Waals surface area (Å²) in [6.07, 6.45) is 0.0838. The Labute approximate surface area is 109 Å². The number of benzene rings is 1. The standard InChI is InChI=1S/C12H13NO6/c1-17-11(14)10-7-8(13(15)16)3-4-9(10)12-18-5-2-6-19-12/h3-4,7,12H,2,5-6H2,1H3. The molecule has 0 aromatic heterocycles. The second-order valence-electron chi connectivity index (χ2n) is 3.95. The minimum Gasteiger partial charge on any atom is -0.465 e. The van der Waals surface area contributed by atoms with Gasteiger partial charge in [-0.2, -0.15) is 0 Å². The van der Waals surface area contributed by atoms with Gasteiger partial charge >= 0.3 is 5.97 Å². The van der Waals surface area contributed by atoms with Gasteiger partial charge < -0.3 is 14.2 Å². The van der Waals surface area contributed by atoms with Crippen molar-refractivity contribution in [1.29, 1.82) is 0 Å². The van der Waals surface area contributed by atoms with E-state index in [2.05, 4.69) is 4.74 Å². The van der Waals surface area contributed by atoms with E-state index in [4.69, 9.17) is 9.47 Å². The highest BCUT2D eigenvalue weighted by Crippen LogP contribution is 2.29. The van der Waals surface area contributed by atoms with E-state index < -0.39 is 17.2 Å². The fourth-order valence-corrected chi connectivity index (χ4v) is 1.82. The largest absolute Gasteiger partial charge is 0.465 e. The summed E-state index contributed by atoms with van der Waals surface area (Å²) in [5.74, 6) is -0.656. The average Bonchev–Trinajstić information content (AvgIpc) is 2.46. The van der Waals surface area contributed by atoms with Gasteiger partial charge in [-0.15, -0.1) is 0 Å². The van der Waals surface area contributed by atoms with Crippen LogP contribution in [0.2, 0.25) is 0 Å². The number of nitro benzene ring substituents is 1. The van der Waals surface area contributed by atoms with Crippen molar-refractivity contribution in [2.45, 2.75) is 12.7 Å². The number of esters is 1. The Morgan fingerprint density at radius 2 is 2.11 bits per heavy atom. The molecule has 1 aliphatic heterocycles. The second kappa shape index (κ2) is 5.77. The van der Waals surface area contributed by atoms with Gasteiger partial charge in [0, 0.05) is 17.7 Å². The van der Waals surface area contributed by atoms with Crippen molar-refractivity contribution in [3.63, 3.8) is 0 Å². The summed E-state index contributed by atoms with van der Waals surface area (Å²) in [5.41, 5.74) is 0.348. The molecule has 1 aliphatic rings. The quantitative estimate of drug-likeness (QED) is 0.471. The predicted octanol–water partition coefficient (Wildman–Crippen LogP) is 1.82. The minimum atomic E-state index is -0.691. The smallest absolute Gasteiger partial charge is 0.338 e. The van der Waals surface area contributed by atoms with Crippen molar-refractivity contribution in [3.8, 4) is 0 Å². The van der Waals surface area contributed by atoms with Crippen molar-refractivity contribution < 1.29 is 23.9 Å². The third kappa shape index (κ3) is 2.88. The number of ether oxygens (including phenoxy) is 3. The third-order valence-electron chi connectivity index (χ3n) is 2.73. The molecule has 7 heteroatoms. The highest BCUT2D eigenvalue weighted by Gasteiger charge is 2.25. The number of hydrogen-bond donors (Lipinski definition) is 0. The monoisotopic (exact) mass is 267 g/mol. The Balaban J connectivity index is 2.40. The molecule has 19 heavy (non-hydrogen) atoms. The van der Waals surface area contributed by atoms with E-state index in [-0.39, 0.29) is 11.3 Å². The second-order valence-corrected chi connectivity index (χ2v) is 3.95. The predicted molar refractivity (Wildman–Crippen MR) is 63.7 cm³/mol. The SMILES string of the molecule is COC(=O)c1cc([N+](=O)[O-])ccc1C1OCCCO1. The van der Waals surface area contributed by atoms with Crippen LogP contribution in [0, 0.1) is 10.1 Å². The Bertz CT molecular complexity index is 495. The molecule has 1 aromatic rings. The molecule has 0 radical (unpaired) electrons. The van der Waals surface area contributed by atoms with Crippen LogP contribution >= 0.6 is 0 Å². The number of nitrogens with zero attached hydrogens (tertiary/aromatic N) is 1. The maximum absolute atomic E-state index is 11.7. The molecule has 1 fully saturated rings. The average molecular weight is 267 g/mol. The van der Waals surface area contributed by atoms with Crippen LogP contribution in [0.1, 0.15) is 28.6 Å². The summed E-state index contributed by atoms with van der Waals surface area (Å²) >= 11 is 0. The maximum Gasteiger partial charge on any atom is 0.338 e. The van der Waals surface area contributed by atoms with E-state index in [1.165, 1.54) is 25.3 Å². The Morgan fingerprint density at radius 3 is 2.68 bits per heavy atom. The number of non-ortho nitro benzene ring substituents is 1. The Morgan fingerprint density at radius 1 is 1.42 bits per heavy atom. The third-order valence-corrected chi connectivity index (χ3v) is 2.73. The van der Waals surface area contributed by atoms with Crippen LogP contribution in [-0.4, -0.2) is 31.2 Å². The summed E-state index contributed by atoms with van der Waals surface area (Å²) in [6, 6.07) is 3.94. The highest BCUT2D eigenvalue weighted by molar-refractivity contribution is 5.91. The van der Waals surface area contributed by atoms with Crippen LogP contribution in [0.5, 0.6) is 0 Å². The van der Waals surface area contributed by atoms with Gasteiger partial charge in [-0.1, -0.05) is 0 Å². The molecule has 102 valence electrons. The zero-order chi connectivity index (χ0) is 13.8. The van der Waals surface area contributed by atoms with Crippen LogP contribution < -0.4 is 0 Å². The van der Waals surface area contributed by atoms with Gasteiger partial charge in [0.25, 0.3) is 5.69 Å². The molecular weight excluding hydrogens is 254 g/mol. The molecule has 2 rings (SSSR count). The van der Waals surface area contributed by atoms with Gasteiger partial charge in [-0.3, -0.25) is 10.1 Å². The van der Waals surface area contributed by atoms with E-state index in [9.17, 15) is 14.9 Å². The van der Waals surface area contributed by atoms with Gasteiger partial charge in [-0.05, 0) is 12.5 Å². The minimum absolute atomic E-state index is 0.0867. The maximum atomic E-state index is 11.7. The van der Waals surface area contributed by atoms with Crippen molar-refractivity contribution in [3.05, 3.63) is 39.4 Å². The summed E-state index contributed by atoms with van der Waals surface area (Å²) in [5, 5.41) is 10.7. The molecule has 1 aromatic carbocycles. The van der Waals surface area contributed by atoms with Crippen LogP contribution in [0.25, 0.3) is 0 Å². The van der Waals surface area contributed by atoms with Crippen LogP contribution in [0.15, 0.2) is 18.2 Å². The van der Waals surface area contributed by atoms with E-state index >= 15 is 0 Å². The molecule has 1 saturated heterocycles. The van der Waals surface area contributed by atoms with Crippen LogP contribution in [0.3, 0.4) is 0 Å². The zero-order valence-electron chi connectivity index (χ0n) is 10.3. The normalized spacial score (nSPS) is 16.1. The molecule has 0 bridgehead atoms. The van der Waals surface area contributed by atoms with E-state index in [1.54, 1.807) is 0 Å². The van der Waals surface area contributed by atoms with Crippen molar-refractivity contribution >= 4 is 11.7 Å². The molecule has 0 saturated carbocycles. The molecule has 0 aliphatic carbocycles. The molecule has 1 heterocycles. The van der Waals surface area contributed by atoms with Crippen molar-refractivity contribution in [1.82, 2.24) is 0 Å². The Kier molecular flexibility index (Phi) is 4.08. The van der Waals surface area contributed by atoms with Gasteiger partial charge in [0.2, 0.25) is 0 Å². The van der Waals surface area contributed by atoms with E-state index in [0.29, 0.717) is 18.8 Å². The lowest BCUT2D eigenvalue weighted by atomic mass is 10.1. The van der Waals surface area contributed by atoms with Gasteiger partial charge in [0.05, 0.1) is 30.8 Å². The zero-order valence-corrected chi connectivity index (χ0v) is 10.3. The topological polar surface area (TPSA) is 87.9 Å². The van der Waals surface area contributed by atoms with Gasteiger partial charge in [0.15, 0.2) is 6.29 Å². The molecule has 7 nitrogen and oxygen atoms in total. The molecular formula is C12H13NO6. The van der Waals surface area contributed by atoms with Crippen molar-refractivity contribution in [2.24, 2.45) is 0 Å². The van der Waals surface area contributed by atoms with Crippen LogP contribution in [-0.2, 0) is 14.2 Å². The summed E-state index contributed by atoms with van der Waals surface area (Å²) in [6.45, 7) is 1.03. The van der Waals surface area contributed by atoms with Crippen LogP contribution in [0.4, 0.5) is 5.69 Å². The summed E-state index contributed by atoms with van der Waals surface area (Å²) in [7, 11) is 1.22. The van der Waals surface area contributed by atoms with E-state index in [1.807, 2.05) is 0 Å². The number of carbonyl (C=O) groups is 1. The summed E-state index contributed by atoms with van der Waals surface area (Å²) < 4.78 is 15.4. The van der Waals surface area contributed by atoms with Gasteiger partial charge in [-0.25, -0.2) is 4.79 Å². The first-order chi connectivity index (χ1) is 9.13. The number of nitro groups is 1. The van der Waals surface area contributed by atoms with Gasteiger partial charge in [0.1, 0.15) is 0 Å². The molecule has 0 spiro atoms. The lowest BCUT2D eigenvalue weighted by Crippen LogP contribution is -2.20. The lowest BCUT2D eigenvalue weighted by molar-refractivity contribution is -0.384. The highest BCUT2D eigenvalue weighted by atomic mass is 16.7. The molecule has 0 unspecified atom stereocenters. The fraction of sp³-hybridized carbons (Fsp3) is 0.417. The first-order valence-corrected chi connectivity index (χ1v) is 5.73.